The number of hydrogen-bond donors (Lipinski definition) is 2. The van der Waals surface area contributed by atoms with Gasteiger partial charge in [0.05, 0.1) is 5.52 Å². The molecule has 7 heteroatoms. The third-order valence-electron chi connectivity index (χ3n) is 4.66. The highest BCUT2D eigenvalue weighted by atomic mass is 35.5. The SMILES string of the molecule is O=C(NC(C(=O)Nc1cccc(Cl)c1)c1ccc(Cl)cc1)c1ccc2ccccc2n1. The Morgan fingerprint density at radius 3 is 2.35 bits per heavy atom. The second kappa shape index (κ2) is 9.16. The largest absolute Gasteiger partial charge is 0.335 e. The molecule has 1 aromatic heterocycles. The maximum Gasteiger partial charge on any atom is 0.270 e. The molecule has 3 aromatic carbocycles. The van der Waals surface area contributed by atoms with Crippen LogP contribution in [-0.4, -0.2) is 16.8 Å². The molecule has 0 spiro atoms. The van der Waals surface area contributed by atoms with Crippen LogP contribution in [0.5, 0.6) is 0 Å². The van der Waals surface area contributed by atoms with E-state index in [1.54, 1.807) is 54.6 Å². The van der Waals surface area contributed by atoms with Gasteiger partial charge in [0.25, 0.3) is 11.8 Å². The zero-order valence-electron chi connectivity index (χ0n) is 16.2. The number of anilines is 1. The van der Waals surface area contributed by atoms with E-state index in [0.717, 1.165) is 5.39 Å². The Labute approximate surface area is 189 Å². The summed E-state index contributed by atoms with van der Waals surface area (Å²) in [5.74, 6) is -0.884. The van der Waals surface area contributed by atoms with Gasteiger partial charge in [0, 0.05) is 21.1 Å². The molecule has 4 aromatic rings. The molecule has 0 aliphatic carbocycles. The summed E-state index contributed by atoms with van der Waals surface area (Å²) in [6, 6.07) is 23.5. The normalized spacial score (nSPS) is 11.7. The van der Waals surface area contributed by atoms with Gasteiger partial charge in [-0.1, -0.05) is 65.7 Å². The van der Waals surface area contributed by atoms with Gasteiger partial charge in [-0.3, -0.25) is 9.59 Å². The van der Waals surface area contributed by atoms with Crippen LogP contribution < -0.4 is 10.6 Å². The molecule has 1 heterocycles. The Morgan fingerprint density at radius 2 is 1.58 bits per heavy atom. The highest BCUT2D eigenvalue weighted by Crippen LogP contribution is 2.21. The molecule has 5 nitrogen and oxygen atoms in total. The Bertz CT molecular complexity index is 1260. The van der Waals surface area contributed by atoms with Crippen LogP contribution in [0, 0.1) is 0 Å². The third-order valence-corrected chi connectivity index (χ3v) is 5.15. The van der Waals surface area contributed by atoms with Crippen LogP contribution in [-0.2, 0) is 4.79 Å². The van der Waals surface area contributed by atoms with E-state index in [-0.39, 0.29) is 5.69 Å². The minimum absolute atomic E-state index is 0.216. The summed E-state index contributed by atoms with van der Waals surface area (Å²) < 4.78 is 0. The van der Waals surface area contributed by atoms with Crippen LogP contribution in [0.3, 0.4) is 0 Å². The number of fused-ring (bicyclic) bond motifs is 1. The molecule has 0 saturated carbocycles. The summed E-state index contributed by atoms with van der Waals surface area (Å²) >= 11 is 12.0. The van der Waals surface area contributed by atoms with Crippen molar-refractivity contribution in [3.8, 4) is 0 Å². The first-order chi connectivity index (χ1) is 15.0. The van der Waals surface area contributed by atoms with Crippen LogP contribution in [0.1, 0.15) is 22.1 Å². The molecule has 0 aliphatic rings. The molecule has 0 saturated heterocycles. The van der Waals surface area contributed by atoms with E-state index in [2.05, 4.69) is 15.6 Å². The molecule has 0 bridgehead atoms. The van der Waals surface area contributed by atoms with Crippen LogP contribution in [0.25, 0.3) is 10.9 Å². The lowest BCUT2D eigenvalue weighted by Crippen LogP contribution is -2.37. The van der Waals surface area contributed by atoms with E-state index in [4.69, 9.17) is 23.2 Å². The molecule has 0 fully saturated rings. The van der Waals surface area contributed by atoms with Crippen molar-refractivity contribution in [1.82, 2.24) is 10.3 Å². The van der Waals surface area contributed by atoms with E-state index in [1.165, 1.54) is 0 Å². The van der Waals surface area contributed by atoms with Gasteiger partial charge >= 0.3 is 0 Å². The standard InChI is InChI=1S/C24H17Cl2N3O2/c25-17-11-8-16(9-12-17)22(24(31)27-19-6-3-5-18(26)14-19)29-23(30)21-13-10-15-4-1-2-7-20(15)28-21/h1-14,22H,(H,27,31)(H,29,30). The predicted octanol–water partition coefficient (Wildman–Crippen LogP) is 5.65. The Hall–Kier alpha value is -3.41. The molecule has 154 valence electrons. The number of para-hydroxylation sites is 1. The molecule has 1 unspecified atom stereocenters. The lowest BCUT2D eigenvalue weighted by Gasteiger charge is -2.19. The third kappa shape index (κ3) is 5.02. The fraction of sp³-hybridized carbons (Fsp3) is 0.0417. The minimum Gasteiger partial charge on any atom is -0.335 e. The van der Waals surface area contributed by atoms with E-state index < -0.39 is 17.9 Å². The molecule has 1 atom stereocenters. The number of carbonyl (C=O) groups excluding carboxylic acids is 2. The number of pyridine rings is 1. The number of benzene rings is 3. The van der Waals surface area contributed by atoms with Crippen molar-refractivity contribution >= 4 is 51.6 Å². The van der Waals surface area contributed by atoms with Crippen LogP contribution in [0.4, 0.5) is 5.69 Å². The van der Waals surface area contributed by atoms with Crippen molar-refractivity contribution in [2.75, 3.05) is 5.32 Å². The quantitative estimate of drug-likeness (QED) is 0.413. The zero-order chi connectivity index (χ0) is 21.8. The van der Waals surface area contributed by atoms with Gasteiger partial charge in [-0.25, -0.2) is 4.98 Å². The first kappa shape index (κ1) is 20.8. The van der Waals surface area contributed by atoms with Gasteiger partial charge in [-0.05, 0) is 48.0 Å². The zero-order valence-corrected chi connectivity index (χ0v) is 17.7. The number of amides is 2. The number of nitrogens with one attached hydrogen (secondary N) is 2. The lowest BCUT2D eigenvalue weighted by molar-refractivity contribution is -0.118. The number of nitrogens with zero attached hydrogens (tertiary/aromatic N) is 1. The van der Waals surface area contributed by atoms with Gasteiger partial charge in [0.15, 0.2) is 0 Å². The van der Waals surface area contributed by atoms with Gasteiger partial charge < -0.3 is 10.6 Å². The topological polar surface area (TPSA) is 71.1 Å². The second-order valence-electron chi connectivity index (χ2n) is 6.85. The molecule has 2 N–H and O–H groups in total. The van der Waals surface area contributed by atoms with Crippen molar-refractivity contribution in [1.29, 1.82) is 0 Å². The fourth-order valence-electron chi connectivity index (χ4n) is 3.13. The van der Waals surface area contributed by atoms with E-state index >= 15 is 0 Å². The molecular formula is C24H17Cl2N3O2. The maximum absolute atomic E-state index is 13.1. The summed E-state index contributed by atoms with van der Waals surface area (Å²) in [5.41, 5.74) is 2.02. The van der Waals surface area contributed by atoms with Crippen LogP contribution in [0.15, 0.2) is 84.9 Å². The van der Waals surface area contributed by atoms with Crippen LogP contribution in [0.2, 0.25) is 10.0 Å². The van der Waals surface area contributed by atoms with Crippen LogP contribution >= 0.6 is 23.2 Å². The summed E-state index contributed by atoms with van der Waals surface area (Å²) in [6.45, 7) is 0. The number of halogens is 2. The second-order valence-corrected chi connectivity index (χ2v) is 7.72. The average Bonchev–Trinajstić information content (AvgIpc) is 2.77. The Balaban J connectivity index is 1.62. The van der Waals surface area contributed by atoms with Gasteiger partial charge in [0.1, 0.15) is 11.7 Å². The minimum atomic E-state index is -0.961. The molecular weight excluding hydrogens is 433 g/mol. The van der Waals surface area contributed by atoms with E-state index in [9.17, 15) is 9.59 Å². The Morgan fingerprint density at radius 1 is 0.806 bits per heavy atom. The fourth-order valence-corrected chi connectivity index (χ4v) is 3.45. The molecule has 4 rings (SSSR count). The number of hydrogen-bond acceptors (Lipinski definition) is 3. The maximum atomic E-state index is 13.1. The highest BCUT2D eigenvalue weighted by Gasteiger charge is 2.24. The first-order valence-corrected chi connectivity index (χ1v) is 10.2. The van der Waals surface area contributed by atoms with Crippen molar-refractivity contribution in [2.24, 2.45) is 0 Å². The molecule has 0 aliphatic heterocycles. The van der Waals surface area contributed by atoms with Gasteiger partial charge in [-0.15, -0.1) is 0 Å². The number of aromatic nitrogens is 1. The van der Waals surface area contributed by atoms with E-state index in [0.29, 0.717) is 26.8 Å². The molecule has 0 radical (unpaired) electrons. The molecule has 31 heavy (non-hydrogen) atoms. The number of carbonyl (C=O) groups is 2. The first-order valence-electron chi connectivity index (χ1n) is 9.48. The van der Waals surface area contributed by atoms with Crippen molar-refractivity contribution < 1.29 is 9.59 Å². The summed E-state index contributed by atoms with van der Waals surface area (Å²) in [6.07, 6.45) is 0. The monoisotopic (exact) mass is 449 g/mol. The lowest BCUT2D eigenvalue weighted by atomic mass is 10.1. The summed E-state index contributed by atoms with van der Waals surface area (Å²) in [7, 11) is 0. The van der Waals surface area contributed by atoms with Gasteiger partial charge in [0.2, 0.25) is 0 Å². The van der Waals surface area contributed by atoms with Crippen molar-refractivity contribution in [3.63, 3.8) is 0 Å². The Kier molecular flexibility index (Phi) is 6.16. The van der Waals surface area contributed by atoms with E-state index in [1.807, 2.05) is 30.3 Å². The highest BCUT2D eigenvalue weighted by molar-refractivity contribution is 6.31. The average molecular weight is 450 g/mol. The van der Waals surface area contributed by atoms with Crippen molar-refractivity contribution in [2.45, 2.75) is 6.04 Å². The number of rotatable bonds is 5. The van der Waals surface area contributed by atoms with Gasteiger partial charge in [-0.2, -0.15) is 0 Å². The summed E-state index contributed by atoms with van der Waals surface area (Å²) in [5, 5.41) is 7.51. The predicted molar refractivity (Wildman–Crippen MR) is 123 cm³/mol. The van der Waals surface area contributed by atoms with Crippen molar-refractivity contribution in [3.05, 3.63) is 106 Å². The smallest absolute Gasteiger partial charge is 0.270 e. The molecule has 2 amide bonds. The summed E-state index contributed by atoms with van der Waals surface area (Å²) in [4.78, 5) is 30.4.